The molecule has 1 aromatic heterocycles. The first-order chi connectivity index (χ1) is 10.6. The third-order valence-electron chi connectivity index (χ3n) is 3.95. The molecule has 0 saturated carbocycles. The zero-order valence-electron chi connectivity index (χ0n) is 13.1. The number of hydrogen-bond acceptors (Lipinski definition) is 2. The maximum absolute atomic E-state index is 13.2. The molecule has 3 rings (SSSR count). The second-order valence-electron chi connectivity index (χ2n) is 5.62. The van der Waals surface area contributed by atoms with Gasteiger partial charge in [0, 0.05) is 36.7 Å². The minimum atomic E-state index is -0.232. The van der Waals surface area contributed by atoms with Crippen LogP contribution in [0, 0.1) is 5.82 Å². The third kappa shape index (κ3) is 4.35. The standard InChI is InChI=1S/C16H21FN4O.HI/c1-11-10-21(6-7-22-11)16(18)19-5-4-12-9-20-15-8-13(17)2-3-14(12)15;/h2-3,8-9,11,20H,4-7,10H2,1H3,(H2,18,19);1H. The number of ether oxygens (including phenoxy) is 1. The van der Waals surface area contributed by atoms with Crippen molar-refractivity contribution in [2.24, 2.45) is 10.7 Å². The summed E-state index contributed by atoms with van der Waals surface area (Å²) in [5, 5.41) is 1.04. The number of fused-ring (bicyclic) bond motifs is 1. The lowest BCUT2D eigenvalue weighted by Crippen LogP contribution is -2.47. The predicted molar refractivity (Wildman–Crippen MR) is 101 cm³/mol. The molecule has 5 nitrogen and oxygen atoms in total. The summed E-state index contributed by atoms with van der Waals surface area (Å²) in [7, 11) is 0. The number of aromatic amines is 1. The van der Waals surface area contributed by atoms with E-state index in [2.05, 4.69) is 14.9 Å². The van der Waals surface area contributed by atoms with Crippen LogP contribution in [-0.2, 0) is 11.2 Å². The van der Waals surface area contributed by atoms with Crippen LogP contribution in [-0.4, -0.2) is 48.2 Å². The van der Waals surface area contributed by atoms with E-state index in [1.165, 1.54) is 12.1 Å². The van der Waals surface area contributed by atoms with E-state index in [1.807, 2.05) is 13.1 Å². The number of aliphatic imine (C=N–C) groups is 1. The molecular formula is C16H22FIN4O. The molecule has 0 bridgehead atoms. The topological polar surface area (TPSA) is 66.6 Å². The number of H-pyrrole nitrogens is 1. The molecular weight excluding hydrogens is 410 g/mol. The lowest BCUT2D eigenvalue weighted by atomic mass is 10.1. The van der Waals surface area contributed by atoms with Gasteiger partial charge in [-0.2, -0.15) is 0 Å². The van der Waals surface area contributed by atoms with Crippen LogP contribution in [0.5, 0.6) is 0 Å². The Morgan fingerprint density at radius 1 is 1.52 bits per heavy atom. The summed E-state index contributed by atoms with van der Waals surface area (Å²) >= 11 is 0. The van der Waals surface area contributed by atoms with E-state index in [-0.39, 0.29) is 35.9 Å². The molecule has 0 amide bonds. The Hall–Kier alpha value is -1.35. The van der Waals surface area contributed by atoms with Gasteiger partial charge >= 0.3 is 0 Å². The van der Waals surface area contributed by atoms with Crippen molar-refractivity contribution in [3.63, 3.8) is 0 Å². The van der Waals surface area contributed by atoms with Crippen molar-refractivity contribution in [1.29, 1.82) is 0 Å². The molecule has 7 heteroatoms. The quantitative estimate of drug-likeness (QED) is 0.445. The minimum Gasteiger partial charge on any atom is -0.375 e. The fourth-order valence-electron chi connectivity index (χ4n) is 2.78. The van der Waals surface area contributed by atoms with Crippen LogP contribution in [0.3, 0.4) is 0 Å². The molecule has 2 heterocycles. The highest BCUT2D eigenvalue weighted by molar-refractivity contribution is 14.0. The Kier molecular flexibility index (Phi) is 6.23. The number of hydrogen-bond donors (Lipinski definition) is 2. The van der Waals surface area contributed by atoms with Crippen molar-refractivity contribution in [2.75, 3.05) is 26.2 Å². The predicted octanol–water partition coefficient (Wildman–Crippen LogP) is 2.50. The number of nitrogens with one attached hydrogen (secondary N) is 1. The van der Waals surface area contributed by atoms with Gasteiger partial charge < -0.3 is 20.4 Å². The molecule has 0 radical (unpaired) electrons. The van der Waals surface area contributed by atoms with Crippen molar-refractivity contribution in [2.45, 2.75) is 19.4 Å². The molecule has 1 fully saturated rings. The molecule has 2 aromatic rings. The second kappa shape index (κ2) is 7.96. The molecule has 23 heavy (non-hydrogen) atoms. The van der Waals surface area contributed by atoms with Gasteiger partial charge in [-0.1, -0.05) is 0 Å². The summed E-state index contributed by atoms with van der Waals surface area (Å²) in [5.41, 5.74) is 7.99. The molecule has 126 valence electrons. The molecule has 1 aliphatic heterocycles. The fraction of sp³-hybridized carbons (Fsp3) is 0.438. The first kappa shape index (κ1) is 18.0. The normalized spacial score (nSPS) is 19.0. The summed E-state index contributed by atoms with van der Waals surface area (Å²) in [6.07, 6.45) is 2.87. The fourth-order valence-corrected chi connectivity index (χ4v) is 2.78. The Balaban J connectivity index is 0.00000192. The third-order valence-corrected chi connectivity index (χ3v) is 3.95. The van der Waals surface area contributed by atoms with Crippen LogP contribution >= 0.6 is 24.0 Å². The van der Waals surface area contributed by atoms with Crippen LogP contribution in [0.2, 0.25) is 0 Å². The minimum absolute atomic E-state index is 0. The molecule has 0 aliphatic carbocycles. The molecule has 1 aliphatic rings. The zero-order chi connectivity index (χ0) is 15.5. The van der Waals surface area contributed by atoms with Gasteiger partial charge in [-0.05, 0) is 37.1 Å². The molecule has 0 spiro atoms. The Bertz CT molecular complexity index is 688. The van der Waals surface area contributed by atoms with Gasteiger partial charge in [-0.3, -0.25) is 4.99 Å². The smallest absolute Gasteiger partial charge is 0.191 e. The van der Waals surface area contributed by atoms with Gasteiger partial charge in [0.25, 0.3) is 0 Å². The van der Waals surface area contributed by atoms with Crippen LogP contribution in [0.15, 0.2) is 29.4 Å². The SMILES string of the molecule is CC1CN(C(N)=NCCc2c[nH]c3cc(F)ccc23)CCO1.I. The number of morpholine rings is 1. The molecule has 1 aromatic carbocycles. The van der Waals surface area contributed by atoms with Gasteiger partial charge in [-0.15, -0.1) is 24.0 Å². The summed E-state index contributed by atoms with van der Waals surface area (Å²) in [4.78, 5) is 9.60. The van der Waals surface area contributed by atoms with Crippen molar-refractivity contribution >= 4 is 40.8 Å². The summed E-state index contributed by atoms with van der Waals surface area (Å²) in [5.74, 6) is 0.339. The van der Waals surface area contributed by atoms with E-state index in [1.54, 1.807) is 6.07 Å². The van der Waals surface area contributed by atoms with E-state index in [4.69, 9.17) is 10.5 Å². The van der Waals surface area contributed by atoms with Crippen LogP contribution in [0.25, 0.3) is 10.9 Å². The highest BCUT2D eigenvalue weighted by Gasteiger charge is 2.17. The zero-order valence-corrected chi connectivity index (χ0v) is 15.4. The molecule has 1 atom stereocenters. The lowest BCUT2D eigenvalue weighted by molar-refractivity contribution is 0.00530. The maximum Gasteiger partial charge on any atom is 0.191 e. The summed E-state index contributed by atoms with van der Waals surface area (Å²) < 4.78 is 18.7. The summed E-state index contributed by atoms with van der Waals surface area (Å²) in [6.45, 7) is 4.89. The van der Waals surface area contributed by atoms with E-state index in [0.29, 0.717) is 19.1 Å². The second-order valence-corrected chi connectivity index (χ2v) is 5.62. The van der Waals surface area contributed by atoms with Gasteiger partial charge in [0.2, 0.25) is 0 Å². The number of rotatable bonds is 3. The van der Waals surface area contributed by atoms with Crippen molar-refractivity contribution in [1.82, 2.24) is 9.88 Å². The van der Waals surface area contributed by atoms with Crippen molar-refractivity contribution in [3.05, 3.63) is 35.8 Å². The summed E-state index contributed by atoms with van der Waals surface area (Å²) in [6, 6.07) is 4.78. The van der Waals surface area contributed by atoms with Gasteiger partial charge in [0.15, 0.2) is 5.96 Å². The van der Waals surface area contributed by atoms with Gasteiger partial charge in [0.05, 0.1) is 12.7 Å². The number of benzene rings is 1. The lowest BCUT2D eigenvalue weighted by Gasteiger charge is -2.31. The van der Waals surface area contributed by atoms with Crippen molar-refractivity contribution < 1.29 is 9.13 Å². The molecule has 1 unspecified atom stereocenters. The highest BCUT2D eigenvalue weighted by Crippen LogP contribution is 2.19. The Labute approximate surface area is 152 Å². The van der Waals surface area contributed by atoms with Gasteiger partial charge in [-0.25, -0.2) is 4.39 Å². The van der Waals surface area contributed by atoms with E-state index >= 15 is 0 Å². The monoisotopic (exact) mass is 432 g/mol. The maximum atomic E-state index is 13.2. The number of halogens is 2. The van der Waals surface area contributed by atoms with Crippen molar-refractivity contribution in [3.8, 4) is 0 Å². The van der Waals surface area contributed by atoms with E-state index < -0.39 is 0 Å². The Morgan fingerprint density at radius 3 is 3.13 bits per heavy atom. The highest BCUT2D eigenvalue weighted by atomic mass is 127. The van der Waals surface area contributed by atoms with E-state index in [0.717, 1.165) is 36.0 Å². The van der Waals surface area contributed by atoms with E-state index in [9.17, 15) is 4.39 Å². The number of guanidine groups is 1. The number of nitrogens with zero attached hydrogens (tertiary/aromatic N) is 2. The molecule has 3 N–H and O–H groups in total. The first-order valence-electron chi connectivity index (χ1n) is 7.55. The molecule has 1 saturated heterocycles. The average molecular weight is 432 g/mol. The van der Waals surface area contributed by atoms with Crippen LogP contribution in [0.4, 0.5) is 4.39 Å². The Morgan fingerprint density at radius 2 is 2.35 bits per heavy atom. The number of aromatic nitrogens is 1. The average Bonchev–Trinajstić information content (AvgIpc) is 2.89. The largest absolute Gasteiger partial charge is 0.375 e. The number of nitrogens with two attached hydrogens (primary N) is 1. The first-order valence-corrected chi connectivity index (χ1v) is 7.55. The van der Waals surface area contributed by atoms with Crippen LogP contribution < -0.4 is 5.73 Å². The van der Waals surface area contributed by atoms with Crippen LogP contribution in [0.1, 0.15) is 12.5 Å². The van der Waals surface area contributed by atoms with Gasteiger partial charge in [0.1, 0.15) is 5.82 Å².